The molecule has 4 rings (SSSR count). The molecule has 2 aliphatic rings. The number of hydrogen-bond acceptors (Lipinski definition) is 10. The van der Waals surface area contributed by atoms with E-state index in [0.29, 0.717) is 0 Å². The standard InChI is InChI=1S/C22H27NO11P2/c1-30-19-12-16(9-10-18(19)32-21(24)31-17-7-3-2-4-8-17)20-33-35(26,27)22(25,36(28,29)34-20)13-15-6-5-11-23-14-15/h5-6,9-12,14,17,20,25H,2-4,7-8,13H2,1H3,(H,26,27)(H,28,29). The smallest absolute Gasteiger partial charge is 0.493 e. The molecule has 2 atom stereocenters. The molecule has 1 aliphatic carbocycles. The summed E-state index contributed by atoms with van der Waals surface area (Å²) in [6.45, 7) is 0. The van der Waals surface area contributed by atoms with Gasteiger partial charge in [0, 0.05) is 24.4 Å². The molecule has 14 heteroatoms. The van der Waals surface area contributed by atoms with Crippen molar-refractivity contribution < 1.29 is 52.1 Å². The van der Waals surface area contributed by atoms with Gasteiger partial charge >= 0.3 is 21.3 Å². The van der Waals surface area contributed by atoms with Crippen LogP contribution < -0.4 is 9.47 Å². The average Bonchev–Trinajstić information content (AvgIpc) is 2.84. The Morgan fingerprint density at radius 2 is 1.81 bits per heavy atom. The zero-order valence-corrected chi connectivity index (χ0v) is 21.2. The Labute approximate surface area is 207 Å². The lowest BCUT2D eigenvalue weighted by atomic mass is 9.98. The van der Waals surface area contributed by atoms with Gasteiger partial charge in [-0.15, -0.1) is 0 Å². The fraction of sp³-hybridized carbons (Fsp3) is 0.455. The van der Waals surface area contributed by atoms with E-state index in [9.17, 15) is 28.8 Å². The SMILES string of the molecule is COc1cc(C2OP(=O)(O)C(O)(Cc3cccnc3)P(=O)(O)O2)ccc1OC(=O)OC1CCCCC1. The van der Waals surface area contributed by atoms with Crippen LogP contribution in [0.1, 0.15) is 49.5 Å². The molecule has 1 aromatic heterocycles. The molecular weight excluding hydrogens is 516 g/mol. The average molecular weight is 543 g/mol. The van der Waals surface area contributed by atoms with Crippen molar-refractivity contribution in [2.75, 3.05) is 7.11 Å². The number of rotatable bonds is 6. The van der Waals surface area contributed by atoms with E-state index < -0.39 is 39.1 Å². The van der Waals surface area contributed by atoms with Gasteiger partial charge in [-0.2, -0.15) is 0 Å². The predicted octanol–water partition coefficient (Wildman–Crippen LogP) is 4.24. The summed E-state index contributed by atoms with van der Waals surface area (Å²) < 4.78 is 52.0. The first-order valence-corrected chi connectivity index (χ1v) is 14.4. The highest BCUT2D eigenvalue weighted by atomic mass is 31.2. The third kappa shape index (κ3) is 5.50. The fourth-order valence-corrected chi connectivity index (χ4v) is 7.63. The summed E-state index contributed by atoms with van der Waals surface area (Å²) in [7, 11) is -9.01. The molecule has 1 aliphatic heterocycles. The first kappa shape index (κ1) is 26.8. The summed E-state index contributed by atoms with van der Waals surface area (Å²) in [6.07, 6.45) is 3.62. The van der Waals surface area contributed by atoms with Gasteiger partial charge in [-0.25, -0.2) is 4.79 Å². The number of aromatic nitrogens is 1. The first-order valence-electron chi connectivity index (χ1n) is 11.2. The Morgan fingerprint density at radius 1 is 1.11 bits per heavy atom. The van der Waals surface area contributed by atoms with Gasteiger partial charge in [0.25, 0.3) is 5.08 Å². The lowest BCUT2D eigenvalue weighted by Gasteiger charge is -2.41. The molecule has 2 fully saturated rings. The Balaban J connectivity index is 1.52. The van der Waals surface area contributed by atoms with E-state index in [0.717, 1.165) is 32.1 Å². The minimum Gasteiger partial charge on any atom is -0.493 e. The minimum atomic E-state index is -5.15. The third-order valence-corrected chi connectivity index (χ3v) is 10.6. The molecule has 2 aromatic rings. The van der Waals surface area contributed by atoms with Crippen LogP contribution in [0.4, 0.5) is 4.79 Å². The number of aliphatic hydroxyl groups is 1. The number of benzene rings is 1. The normalized spacial score (nSPS) is 30.9. The van der Waals surface area contributed by atoms with Crippen molar-refractivity contribution in [2.24, 2.45) is 0 Å². The summed E-state index contributed by atoms with van der Waals surface area (Å²) >= 11 is 0. The van der Waals surface area contributed by atoms with Crippen molar-refractivity contribution >= 4 is 21.3 Å². The number of carbonyl (C=O) groups is 1. The molecule has 12 nitrogen and oxygen atoms in total. The summed E-state index contributed by atoms with van der Waals surface area (Å²) in [5.74, 6) is 0.00217. The molecule has 0 amide bonds. The fourth-order valence-electron chi connectivity index (χ4n) is 4.05. The maximum atomic E-state index is 13.0. The third-order valence-electron chi connectivity index (χ3n) is 6.01. The van der Waals surface area contributed by atoms with Gasteiger partial charge < -0.3 is 29.1 Å². The van der Waals surface area contributed by atoms with E-state index in [1.54, 1.807) is 0 Å². The van der Waals surface area contributed by atoms with Crippen molar-refractivity contribution in [3.8, 4) is 11.5 Å². The maximum Gasteiger partial charge on any atom is 0.514 e. The molecule has 196 valence electrons. The topological polar surface area (TPSA) is 171 Å². The monoisotopic (exact) mass is 543 g/mol. The van der Waals surface area contributed by atoms with Crippen LogP contribution in [-0.2, 0) is 29.3 Å². The molecular formula is C22H27NO11P2. The Kier molecular flexibility index (Phi) is 7.87. The number of carbonyl (C=O) groups excluding carboxylic acids is 1. The van der Waals surface area contributed by atoms with Crippen LogP contribution in [-0.4, -0.2) is 44.3 Å². The second-order valence-electron chi connectivity index (χ2n) is 8.54. The van der Waals surface area contributed by atoms with E-state index in [4.69, 9.17) is 23.3 Å². The number of ether oxygens (including phenoxy) is 3. The molecule has 1 saturated heterocycles. The van der Waals surface area contributed by atoms with Crippen LogP contribution in [0.5, 0.6) is 11.5 Å². The lowest BCUT2D eigenvalue weighted by Crippen LogP contribution is -2.37. The number of hydrogen-bond donors (Lipinski definition) is 3. The molecule has 2 heterocycles. The van der Waals surface area contributed by atoms with Crippen molar-refractivity contribution in [2.45, 2.75) is 56.0 Å². The molecule has 0 radical (unpaired) electrons. The zero-order valence-electron chi connectivity index (χ0n) is 19.4. The van der Waals surface area contributed by atoms with Gasteiger partial charge in [-0.3, -0.25) is 23.2 Å². The van der Waals surface area contributed by atoms with E-state index in [2.05, 4.69) is 4.98 Å². The van der Waals surface area contributed by atoms with Gasteiger partial charge in [0.2, 0.25) is 6.29 Å². The quantitative estimate of drug-likeness (QED) is 0.269. The Bertz CT molecular complexity index is 1160. The van der Waals surface area contributed by atoms with Crippen LogP contribution in [0.3, 0.4) is 0 Å². The van der Waals surface area contributed by atoms with Gasteiger partial charge in [0.1, 0.15) is 6.10 Å². The van der Waals surface area contributed by atoms with Crippen LogP contribution in [0.25, 0.3) is 0 Å². The van der Waals surface area contributed by atoms with Gasteiger partial charge in [0.15, 0.2) is 11.5 Å². The van der Waals surface area contributed by atoms with Crippen LogP contribution in [0.15, 0.2) is 42.7 Å². The largest absolute Gasteiger partial charge is 0.514 e. The van der Waals surface area contributed by atoms with Gasteiger partial charge in [-0.05, 0) is 55.5 Å². The highest BCUT2D eigenvalue weighted by Crippen LogP contribution is 2.79. The first-order chi connectivity index (χ1) is 17.0. The van der Waals surface area contributed by atoms with Crippen molar-refractivity contribution in [3.63, 3.8) is 0 Å². The van der Waals surface area contributed by atoms with Crippen molar-refractivity contribution in [1.29, 1.82) is 0 Å². The van der Waals surface area contributed by atoms with E-state index in [1.807, 2.05) is 0 Å². The van der Waals surface area contributed by atoms with E-state index >= 15 is 0 Å². The predicted molar refractivity (Wildman–Crippen MR) is 124 cm³/mol. The van der Waals surface area contributed by atoms with Crippen molar-refractivity contribution in [1.82, 2.24) is 4.98 Å². The highest BCUT2D eigenvalue weighted by molar-refractivity contribution is 7.73. The molecule has 3 N–H and O–H groups in total. The maximum absolute atomic E-state index is 13.0. The van der Waals surface area contributed by atoms with E-state index in [1.165, 1.54) is 49.8 Å². The summed E-state index contributed by atoms with van der Waals surface area (Å²) in [6, 6.07) is 6.79. The molecule has 0 bridgehead atoms. The number of methoxy groups -OCH3 is 1. The summed E-state index contributed by atoms with van der Waals surface area (Å²) in [4.78, 5) is 37.1. The Morgan fingerprint density at radius 3 is 2.42 bits per heavy atom. The lowest BCUT2D eigenvalue weighted by molar-refractivity contribution is -0.0580. The molecule has 0 spiro atoms. The van der Waals surface area contributed by atoms with Gasteiger partial charge in [0.05, 0.1) is 7.11 Å². The molecule has 2 unspecified atom stereocenters. The zero-order chi connectivity index (χ0) is 26.0. The van der Waals surface area contributed by atoms with Crippen molar-refractivity contribution in [3.05, 3.63) is 53.9 Å². The van der Waals surface area contributed by atoms with Gasteiger partial charge in [-0.1, -0.05) is 12.5 Å². The summed E-state index contributed by atoms with van der Waals surface area (Å²) in [5, 5.41) is 7.71. The number of nitrogens with zero attached hydrogens (tertiary/aromatic N) is 1. The Hall–Kier alpha value is -2.30. The minimum absolute atomic E-state index is 0.00632. The molecule has 1 saturated carbocycles. The van der Waals surface area contributed by atoms with Crippen LogP contribution in [0.2, 0.25) is 0 Å². The van der Waals surface area contributed by atoms with E-state index in [-0.39, 0.29) is 28.7 Å². The number of pyridine rings is 1. The molecule has 36 heavy (non-hydrogen) atoms. The highest BCUT2D eigenvalue weighted by Gasteiger charge is 2.67. The van der Waals surface area contributed by atoms with Crippen LogP contribution >= 0.6 is 15.2 Å². The summed E-state index contributed by atoms with van der Waals surface area (Å²) in [5.41, 5.74) is 0.226. The molecule has 1 aromatic carbocycles. The second-order valence-corrected chi connectivity index (χ2v) is 12.9. The van der Waals surface area contributed by atoms with Crippen LogP contribution in [0, 0.1) is 0 Å². The second kappa shape index (κ2) is 10.6.